The maximum atomic E-state index is 0. The summed E-state index contributed by atoms with van der Waals surface area (Å²) in [4.78, 5) is 0. The van der Waals surface area contributed by atoms with Crippen LogP contribution in [0.1, 0.15) is 0 Å². The molecule has 0 rings (SSSR count). The first-order valence-corrected chi connectivity index (χ1v) is 0. The van der Waals surface area contributed by atoms with Gasteiger partial charge in [-0.15, -0.1) is 0 Å². The van der Waals surface area contributed by atoms with Gasteiger partial charge in [-0.3, -0.25) is 0 Å². The van der Waals surface area contributed by atoms with E-state index in [0.717, 1.165) is 0 Å². The second-order valence-corrected chi connectivity index (χ2v) is 0. The molecule has 0 aliphatic heterocycles. The Bertz CT molecular complexity index is 8.00. The van der Waals surface area contributed by atoms with Gasteiger partial charge in [-0.25, -0.2) is 0 Å². The molecule has 0 aliphatic carbocycles. The molecule has 0 nitrogen and oxygen atoms in total. The van der Waals surface area contributed by atoms with Crippen molar-refractivity contribution < 1.29 is 62.8 Å². The summed E-state index contributed by atoms with van der Waals surface area (Å²) in [5.74, 6) is 0. The zero-order valence-electron chi connectivity index (χ0n) is 1.56. The molecule has 0 aliphatic rings. The standard InChI is InChI=1S/Fe.Mg.Zn.Zr.2H. The summed E-state index contributed by atoms with van der Waals surface area (Å²) >= 11 is 0. The van der Waals surface area contributed by atoms with Crippen LogP contribution in [0.25, 0.3) is 0 Å². The molecule has 4 heavy (non-hydrogen) atoms. The Labute approximate surface area is 84.4 Å². The fourth-order valence-corrected chi connectivity index (χ4v) is 0. The van der Waals surface area contributed by atoms with Gasteiger partial charge >= 0.3 is 23.1 Å². The Hall–Kier alpha value is 2.79. The van der Waals surface area contributed by atoms with E-state index in [1.807, 2.05) is 0 Å². The van der Waals surface area contributed by atoms with Crippen LogP contribution in [0.2, 0.25) is 0 Å². The van der Waals surface area contributed by atoms with Crippen molar-refractivity contribution in [2.45, 2.75) is 0 Å². The second kappa shape index (κ2) is 17.1. The van der Waals surface area contributed by atoms with Crippen molar-refractivity contribution in [1.29, 1.82) is 0 Å². The molecule has 0 unspecified atom stereocenters. The van der Waals surface area contributed by atoms with Crippen molar-refractivity contribution in [2.75, 3.05) is 0 Å². The van der Waals surface area contributed by atoms with E-state index >= 15 is 0 Å². The fourth-order valence-electron chi connectivity index (χ4n) is 0. The van der Waals surface area contributed by atoms with E-state index in [0.29, 0.717) is 0 Å². The van der Waals surface area contributed by atoms with Crippen LogP contribution in [0.5, 0.6) is 0 Å². The van der Waals surface area contributed by atoms with E-state index in [-0.39, 0.29) is 85.8 Å². The molecule has 18 valence electrons. The van der Waals surface area contributed by atoms with Crippen LogP contribution in [0.3, 0.4) is 0 Å². The Morgan fingerprint density at radius 1 is 1.00 bits per heavy atom. The van der Waals surface area contributed by atoms with Crippen molar-refractivity contribution in [3.05, 3.63) is 0 Å². The molecule has 0 aromatic rings. The predicted molar refractivity (Wildman–Crippen MR) is 8.54 cm³/mol. The van der Waals surface area contributed by atoms with Crippen molar-refractivity contribution in [1.82, 2.24) is 0 Å². The topological polar surface area (TPSA) is 0 Å². The summed E-state index contributed by atoms with van der Waals surface area (Å²) in [7, 11) is 0. The van der Waals surface area contributed by atoms with Gasteiger partial charge in [0.1, 0.15) is 0 Å². The van der Waals surface area contributed by atoms with Gasteiger partial charge in [-0.1, -0.05) is 0 Å². The molecule has 0 aromatic heterocycles. The van der Waals surface area contributed by atoms with Crippen molar-refractivity contribution >= 4 is 23.1 Å². The first-order chi connectivity index (χ1) is 0. The Kier molecular flexibility index (Phi) is 125. The summed E-state index contributed by atoms with van der Waals surface area (Å²) in [5, 5.41) is 0. The summed E-state index contributed by atoms with van der Waals surface area (Å²) in [6.45, 7) is 0. The third-order valence-electron chi connectivity index (χ3n) is 0. The minimum Gasteiger partial charge on any atom is 0 e. The van der Waals surface area contributed by atoms with E-state index in [1.165, 1.54) is 0 Å². The third-order valence-corrected chi connectivity index (χ3v) is 0. The first-order valence-electron chi connectivity index (χ1n) is 0. The molecule has 0 spiro atoms. The molecule has 0 saturated heterocycles. The minimum absolute atomic E-state index is 0. The molecule has 0 N–H and O–H groups in total. The SMILES string of the molecule is [Fe].[MgH2].[Zn].[Zr]. The third kappa shape index (κ3) is 8.84. The Balaban J connectivity index is 0. The molecular formula is H2FeMgZnZr. The molecule has 0 atom stereocenters. The van der Waals surface area contributed by atoms with Crippen LogP contribution in [0, 0.1) is 0 Å². The van der Waals surface area contributed by atoms with Gasteiger partial charge in [0.15, 0.2) is 0 Å². The molecule has 0 radical (unpaired) electrons. The fraction of sp³-hybridized carbons (Fsp3) is 0. The van der Waals surface area contributed by atoms with E-state index in [1.54, 1.807) is 0 Å². The number of rotatable bonds is 0. The minimum atomic E-state index is 0. The first kappa shape index (κ1) is 29.2. The van der Waals surface area contributed by atoms with Crippen LogP contribution in [-0.4, -0.2) is 23.1 Å². The monoisotopic (exact) mass is 236 g/mol. The maximum Gasteiger partial charge on any atom is 0.316 e. The zero-order valence-corrected chi connectivity index (χ0v) is 8.09. The Morgan fingerprint density at radius 3 is 1.00 bits per heavy atom. The molecule has 0 amide bonds. The molecule has 0 heterocycles. The molecule has 0 saturated carbocycles. The quantitative estimate of drug-likeness (QED) is 0.479. The van der Waals surface area contributed by atoms with Gasteiger partial charge in [-0.2, -0.15) is 0 Å². The average molecular weight is 239 g/mol. The van der Waals surface area contributed by atoms with Crippen molar-refractivity contribution in [3.63, 3.8) is 0 Å². The molecule has 0 fully saturated rings. The van der Waals surface area contributed by atoms with Gasteiger partial charge in [0.25, 0.3) is 0 Å². The largest absolute Gasteiger partial charge is 0.316 e. The maximum absolute atomic E-state index is 0. The zero-order chi connectivity index (χ0) is 0. The smallest absolute Gasteiger partial charge is 0 e. The summed E-state index contributed by atoms with van der Waals surface area (Å²) in [6, 6.07) is 0. The van der Waals surface area contributed by atoms with Gasteiger partial charge in [0.2, 0.25) is 0 Å². The van der Waals surface area contributed by atoms with Crippen molar-refractivity contribution in [2.24, 2.45) is 0 Å². The van der Waals surface area contributed by atoms with Crippen LogP contribution < -0.4 is 0 Å². The van der Waals surface area contributed by atoms with Crippen molar-refractivity contribution in [3.8, 4) is 0 Å². The van der Waals surface area contributed by atoms with Gasteiger partial charge < -0.3 is 0 Å². The molecule has 0 bridgehead atoms. The summed E-state index contributed by atoms with van der Waals surface area (Å²) in [6.07, 6.45) is 0. The van der Waals surface area contributed by atoms with E-state index in [2.05, 4.69) is 0 Å². The Morgan fingerprint density at radius 2 is 1.00 bits per heavy atom. The van der Waals surface area contributed by atoms with E-state index < -0.39 is 0 Å². The number of hydrogen-bond acceptors (Lipinski definition) is 0. The molecule has 0 aromatic carbocycles. The summed E-state index contributed by atoms with van der Waals surface area (Å²) < 4.78 is 0. The van der Waals surface area contributed by atoms with E-state index in [4.69, 9.17) is 0 Å². The van der Waals surface area contributed by atoms with E-state index in [9.17, 15) is 0 Å². The summed E-state index contributed by atoms with van der Waals surface area (Å²) in [5.41, 5.74) is 0. The van der Waals surface area contributed by atoms with Crippen LogP contribution in [0.4, 0.5) is 0 Å². The van der Waals surface area contributed by atoms with Gasteiger partial charge in [-0.05, 0) is 0 Å². The average Bonchev–Trinajstić information content (AvgIpc) is 0. The van der Waals surface area contributed by atoms with Gasteiger partial charge in [0.05, 0.1) is 0 Å². The second-order valence-electron chi connectivity index (χ2n) is 0. The predicted octanol–water partition coefficient (Wildman–Crippen LogP) is -0.924. The normalized spacial score (nSPS) is 0. The van der Waals surface area contributed by atoms with Crippen LogP contribution in [-0.2, 0) is 62.8 Å². The van der Waals surface area contributed by atoms with Crippen LogP contribution in [0.15, 0.2) is 0 Å². The molecule has 4 heteroatoms. The number of hydrogen-bond donors (Lipinski definition) is 0. The van der Waals surface area contributed by atoms with Gasteiger partial charge in [0, 0.05) is 62.8 Å². The van der Waals surface area contributed by atoms with Crippen LogP contribution >= 0.6 is 0 Å². The molecular weight excluding hydrogens is 237 g/mol.